The molecule has 1 aromatic heterocycles. The summed E-state index contributed by atoms with van der Waals surface area (Å²) in [4.78, 5) is 21.6. The Kier molecular flexibility index (Phi) is 6.40. The Morgan fingerprint density at radius 2 is 2.00 bits per heavy atom. The molecule has 3 rings (SSSR count). The number of benzene rings is 1. The summed E-state index contributed by atoms with van der Waals surface area (Å²) in [6, 6.07) is 7.82. The third-order valence-corrected chi connectivity index (χ3v) is 4.60. The van der Waals surface area contributed by atoms with Gasteiger partial charge in [0.05, 0.1) is 11.5 Å². The first-order chi connectivity index (χ1) is 13.2. The molecule has 1 aliphatic heterocycles. The Morgan fingerprint density at radius 1 is 1.22 bits per heavy atom. The molecule has 8 heteroatoms. The summed E-state index contributed by atoms with van der Waals surface area (Å²) in [6.45, 7) is 4.64. The Bertz CT molecular complexity index is 778. The minimum atomic E-state index is -0.388. The normalized spacial score (nSPS) is 14.0. The van der Waals surface area contributed by atoms with Crippen LogP contribution in [0.3, 0.4) is 0 Å². The molecule has 2 aromatic rings. The lowest BCUT2D eigenvalue weighted by Crippen LogP contribution is -2.31. The van der Waals surface area contributed by atoms with Gasteiger partial charge in [-0.15, -0.1) is 0 Å². The van der Waals surface area contributed by atoms with Crippen LogP contribution in [0.25, 0.3) is 0 Å². The van der Waals surface area contributed by atoms with Crippen molar-refractivity contribution in [3.8, 4) is 5.75 Å². The van der Waals surface area contributed by atoms with E-state index in [1.54, 1.807) is 0 Å². The smallest absolute Gasteiger partial charge is 0.353 e. The molecule has 0 aliphatic carbocycles. The Balaban J connectivity index is 1.74. The summed E-state index contributed by atoms with van der Waals surface area (Å²) in [7, 11) is 0. The molecule has 2 heterocycles. The summed E-state index contributed by atoms with van der Waals surface area (Å²) in [6.07, 6.45) is 5.28. The number of nitro groups is 1. The van der Waals surface area contributed by atoms with Gasteiger partial charge >= 0.3 is 5.69 Å². The second kappa shape index (κ2) is 9.16. The third-order valence-electron chi connectivity index (χ3n) is 4.60. The van der Waals surface area contributed by atoms with E-state index in [2.05, 4.69) is 15.3 Å². The largest absolute Gasteiger partial charge is 0.494 e. The predicted molar refractivity (Wildman–Crippen MR) is 105 cm³/mol. The van der Waals surface area contributed by atoms with Crippen LogP contribution < -0.4 is 15.0 Å². The monoisotopic (exact) mass is 371 g/mol. The maximum absolute atomic E-state index is 11.7. The van der Waals surface area contributed by atoms with Crippen molar-refractivity contribution in [1.29, 1.82) is 0 Å². The highest BCUT2D eigenvalue weighted by Gasteiger charge is 2.27. The Morgan fingerprint density at radius 3 is 2.74 bits per heavy atom. The van der Waals surface area contributed by atoms with Crippen LogP contribution in [0.2, 0.25) is 0 Å². The fourth-order valence-electron chi connectivity index (χ4n) is 3.33. The summed E-state index contributed by atoms with van der Waals surface area (Å²) in [5.41, 5.74) is 1.01. The number of nitrogens with one attached hydrogen (secondary N) is 1. The van der Waals surface area contributed by atoms with Crippen molar-refractivity contribution >= 4 is 17.3 Å². The van der Waals surface area contributed by atoms with Crippen LogP contribution in [0.1, 0.15) is 31.7 Å². The van der Waals surface area contributed by atoms with Crippen LogP contribution in [0.15, 0.2) is 30.6 Å². The molecule has 1 aromatic carbocycles. The molecule has 0 radical (unpaired) electrons. The molecule has 1 saturated heterocycles. The Hall–Kier alpha value is -2.90. The highest BCUT2D eigenvalue weighted by atomic mass is 16.6. The minimum Gasteiger partial charge on any atom is -0.494 e. The number of aromatic nitrogens is 2. The zero-order valence-electron chi connectivity index (χ0n) is 15.6. The average molecular weight is 371 g/mol. The zero-order chi connectivity index (χ0) is 19.1. The van der Waals surface area contributed by atoms with Gasteiger partial charge in [-0.2, -0.15) is 0 Å². The van der Waals surface area contributed by atoms with Crippen LogP contribution in [-0.2, 0) is 6.42 Å². The van der Waals surface area contributed by atoms with Crippen LogP contribution in [0, 0.1) is 10.1 Å². The van der Waals surface area contributed by atoms with E-state index in [0.29, 0.717) is 25.4 Å². The maximum atomic E-state index is 11.7. The van der Waals surface area contributed by atoms with E-state index in [1.807, 2.05) is 36.1 Å². The second-order valence-electron chi connectivity index (χ2n) is 6.42. The number of rotatable bonds is 8. The summed E-state index contributed by atoms with van der Waals surface area (Å²) in [5, 5.41) is 14.8. The molecule has 144 valence electrons. The number of anilines is 2. The van der Waals surface area contributed by atoms with Crippen LogP contribution in [0.4, 0.5) is 17.3 Å². The van der Waals surface area contributed by atoms with E-state index in [0.717, 1.165) is 43.7 Å². The average Bonchev–Trinajstić information content (AvgIpc) is 2.70. The molecule has 0 atom stereocenters. The van der Waals surface area contributed by atoms with Crippen molar-refractivity contribution in [2.24, 2.45) is 0 Å². The van der Waals surface area contributed by atoms with Crippen molar-refractivity contribution in [2.45, 2.75) is 32.6 Å². The van der Waals surface area contributed by atoms with Gasteiger partial charge in [-0.1, -0.05) is 18.2 Å². The van der Waals surface area contributed by atoms with Crippen molar-refractivity contribution in [3.63, 3.8) is 0 Å². The summed E-state index contributed by atoms with van der Waals surface area (Å²) >= 11 is 0. The lowest BCUT2D eigenvalue weighted by molar-refractivity contribution is -0.383. The molecule has 1 fully saturated rings. The van der Waals surface area contributed by atoms with E-state index >= 15 is 0 Å². The molecule has 0 spiro atoms. The lowest BCUT2D eigenvalue weighted by Gasteiger charge is -2.27. The van der Waals surface area contributed by atoms with Crippen molar-refractivity contribution in [3.05, 3.63) is 46.3 Å². The van der Waals surface area contributed by atoms with Gasteiger partial charge in [0.1, 0.15) is 12.1 Å². The number of para-hydroxylation sites is 1. The van der Waals surface area contributed by atoms with E-state index in [1.165, 1.54) is 6.33 Å². The topological polar surface area (TPSA) is 93.4 Å². The van der Waals surface area contributed by atoms with Gasteiger partial charge in [0.2, 0.25) is 11.6 Å². The van der Waals surface area contributed by atoms with Crippen molar-refractivity contribution in [2.75, 3.05) is 36.5 Å². The predicted octanol–water partition coefficient (Wildman–Crippen LogP) is 3.43. The number of piperidine rings is 1. The van der Waals surface area contributed by atoms with Crippen LogP contribution in [0.5, 0.6) is 5.75 Å². The van der Waals surface area contributed by atoms with Crippen molar-refractivity contribution < 1.29 is 9.66 Å². The van der Waals surface area contributed by atoms with E-state index < -0.39 is 0 Å². The van der Waals surface area contributed by atoms with Gasteiger partial charge in [-0.25, -0.2) is 9.97 Å². The van der Waals surface area contributed by atoms with Gasteiger partial charge in [0.15, 0.2) is 0 Å². The van der Waals surface area contributed by atoms with Gasteiger partial charge in [0, 0.05) is 19.6 Å². The lowest BCUT2D eigenvalue weighted by atomic mass is 10.1. The first-order valence-corrected chi connectivity index (χ1v) is 9.39. The molecule has 1 N–H and O–H groups in total. The SMILES string of the molecule is CCOc1ccccc1CCNc1ncnc(N2CCCCC2)c1[N+](=O)[O-]. The Labute approximate surface area is 158 Å². The van der Waals surface area contributed by atoms with Crippen LogP contribution in [-0.4, -0.2) is 41.1 Å². The van der Waals surface area contributed by atoms with E-state index in [9.17, 15) is 10.1 Å². The van der Waals surface area contributed by atoms with E-state index in [4.69, 9.17) is 4.74 Å². The molecule has 1 aliphatic rings. The van der Waals surface area contributed by atoms with Crippen LogP contribution >= 0.6 is 0 Å². The molecular weight excluding hydrogens is 346 g/mol. The molecule has 0 bridgehead atoms. The quantitative estimate of drug-likeness (QED) is 0.561. The van der Waals surface area contributed by atoms with Gasteiger partial charge in [0.25, 0.3) is 0 Å². The molecule has 0 saturated carbocycles. The second-order valence-corrected chi connectivity index (χ2v) is 6.42. The minimum absolute atomic E-state index is 0.0440. The molecular formula is C19H25N5O3. The van der Waals surface area contributed by atoms with E-state index in [-0.39, 0.29) is 16.4 Å². The molecule has 8 nitrogen and oxygen atoms in total. The fourth-order valence-corrected chi connectivity index (χ4v) is 3.33. The molecule has 27 heavy (non-hydrogen) atoms. The highest BCUT2D eigenvalue weighted by molar-refractivity contribution is 5.70. The molecule has 0 unspecified atom stereocenters. The molecule has 0 amide bonds. The van der Waals surface area contributed by atoms with Gasteiger partial charge in [-0.05, 0) is 44.2 Å². The van der Waals surface area contributed by atoms with Gasteiger partial charge in [-0.3, -0.25) is 10.1 Å². The summed E-state index contributed by atoms with van der Waals surface area (Å²) in [5.74, 6) is 1.52. The number of nitrogens with zero attached hydrogens (tertiary/aromatic N) is 4. The van der Waals surface area contributed by atoms with Gasteiger partial charge < -0.3 is 15.0 Å². The first kappa shape index (κ1) is 18.9. The standard InChI is InChI=1S/C19H25N5O3/c1-2-27-16-9-5-4-8-15(16)10-11-20-18-17(24(25)26)19(22-14-21-18)23-12-6-3-7-13-23/h4-5,8-9,14H,2-3,6-7,10-13H2,1H3,(H,20,21,22). The van der Waals surface area contributed by atoms with Crippen molar-refractivity contribution in [1.82, 2.24) is 9.97 Å². The number of ether oxygens (including phenoxy) is 1. The third kappa shape index (κ3) is 4.64. The summed E-state index contributed by atoms with van der Waals surface area (Å²) < 4.78 is 5.63. The maximum Gasteiger partial charge on any atom is 0.353 e. The fraction of sp³-hybridized carbons (Fsp3) is 0.474. The number of hydrogen-bond donors (Lipinski definition) is 1. The highest BCUT2D eigenvalue weighted by Crippen LogP contribution is 2.33. The zero-order valence-corrected chi connectivity index (χ0v) is 15.6. The number of hydrogen-bond acceptors (Lipinski definition) is 7. The first-order valence-electron chi connectivity index (χ1n) is 9.39.